The Hall–Kier alpha value is -2.26. The molecule has 0 saturated carbocycles. The predicted molar refractivity (Wildman–Crippen MR) is 67.4 cm³/mol. The molecular formula is C14H14N2O. The van der Waals surface area contributed by atoms with Crippen molar-refractivity contribution in [3.8, 4) is 18.1 Å². The number of benzene rings is 1. The van der Waals surface area contributed by atoms with Crippen LogP contribution in [0.25, 0.3) is 0 Å². The maximum atomic E-state index is 8.64. The van der Waals surface area contributed by atoms with Gasteiger partial charge in [-0.05, 0) is 32.9 Å². The molecule has 3 nitrogen and oxygen atoms in total. The van der Waals surface area contributed by atoms with Crippen molar-refractivity contribution in [3.63, 3.8) is 0 Å². The van der Waals surface area contributed by atoms with Gasteiger partial charge in [0.15, 0.2) is 0 Å². The van der Waals surface area contributed by atoms with E-state index in [9.17, 15) is 0 Å². The maximum Gasteiger partial charge on any atom is 0.293 e. The second-order valence-corrected chi connectivity index (χ2v) is 3.64. The van der Waals surface area contributed by atoms with Crippen LogP contribution < -0.4 is 0 Å². The Morgan fingerprint density at radius 3 is 2.65 bits per heavy atom. The van der Waals surface area contributed by atoms with Gasteiger partial charge in [-0.2, -0.15) is 0 Å². The molecule has 1 aromatic rings. The highest BCUT2D eigenvalue weighted by atomic mass is 16.5. The molecule has 0 N–H and O–H groups in total. The molecule has 17 heavy (non-hydrogen) atoms. The van der Waals surface area contributed by atoms with Gasteiger partial charge < -0.3 is 4.74 Å². The highest BCUT2D eigenvalue weighted by molar-refractivity contribution is 5.97. The Bertz CT molecular complexity index is 513. The molecule has 0 heterocycles. The number of hydrogen-bond donors (Lipinski definition) is 0. The Kier molecular flexibility index (Phi) is 4.78. The highest BCUT2D eigenvalue weighted by Gasteiger charge is 2.10. The minimum Gasteiger partial charge on any atom is -0.367 e. The van der Waals surface area contributed by atoms with Crippen molar-refractivity contribution in [1.29, 1.82) is 5.26 Å². The van der Waals surface area contributed by atoms with Gasteiger partial charge in [-0.3, -0.25) is 0 Å². The topological polar surface area (TPSA) is 45.4 Å². The first-order valence-electron chi connectivity index (χ1n) is 5.35. The number of nitrogens with zero attached hydrogens (tertiary/aromatic N) is 2. The summed E-state index contributed by atoms with van der Waals surface area (Å²) in [5, 5.41) is 8.64. The van der Waals surface area contributed by atoms with Crippen LogP contribution in [0.4, 0.5) is 0 Å². The molecule has 0 aromatic heterocycles. The second kappa shape index (κ2) is 6.35. The lowest BCUT2D eigenvalue weighted by Gasteiger charge is -2.06. The van der Waals surface area contributed by atoms with E-state index in [1.54, 1.807) is 13.2 Å². The van der Waals surface area contributed by atoms with E-state index in [1.165, 1.54) is 0 Å². The van der Waals surface area contributed by atoms with E-state index in [0.29, 0.717) is 5.90 Å². The van der Waals surface area contributed by atoms with Gasteiger partial charge in [0, 0.05) is 11.6 Å². The van der Waals surface area contributed by atoms with Crippen molar-refractivity contribution >= 4 is 5.90 Å². The molecule has 0 aliphatic carbocycles. The van der Waals surface area contributed by atoms with Crippen LogP contribution in [-0.4, -0.2) is 11.9 Å². The van der Waals surface area contributed by atoms with Crippen LogP contribution in [0, 0.1) is 23.4 Å². The molecule has 1 aromatic carbocycles. The average Bonchev–Trinajstić information content (AvgIpc) is 2.29. The standard InChI is InChI=1S/C14H14N2O/c1-4-7-12-8-5-6-9-13(12)14(17-10-15)16-11(2)3/h5-6,8-9,11H,1-3H3. The van der Waals surface area contributed by atoms with Gasteiger partial charge in [0.25, 0.3) is 6.26 Å². The zero-order valence-corrected chi connectivity index (χ0v) is 10.2. The van der Waals surface area contributed by atoms with E-state index in [1.807, 2.05) is 38.1 Å². The quantitative estimate of drug-likeness (QED) is 0.337. The van der Waals surface area contributed by atoms with Crippen LogP contribution in [0.3, 0.4) is 0 Å². The Morgan fingerprint density at radius 2 is 2.06 bits per heavy atom. The average molecular weight is 226 g/mol. The number of aliphatic imine (C=N–C) groups is 1. The summed E-state index contributed by atoms with van der Waals surface area (Å²) < 4.78 is 4.91. The van der Waals surface area contributed by atoms with Gasteiger partial charge in [-0.1, -0.05) is 18.1 Å². The summed E-state index contributed by atoms with van der Waals surface area (Å²) in [7, 11) is 0. The largest absolute Gasteiger partial charge is 0.367 e. The molecule has 0 bridgehead atoms. The fourth-order valence-electron chi connectivity index (χ4n) is 1.34. The summed E-state index contributed by atoms with van der Waals surface area (Å²) >= 11 is 0. The molecule has 0 spiro atoms. The van der Waals surface area contributed by atoms with Crippen molar-refractivity contribution in [1.82, 2.24) is 0 Å². The Labute approximate surface area is 102 Å². The van der Waals surface area contributed by atoms with Gasteiger partial charge in [0.1, 0.15) is 0 Å². The first-order chi connectivity index (χ1) is 8.19. The number of hydrogen-bond acceptors (Lipinski definition) is 3. The molecule has 0 unspecified atom stereocenters. The van der Waals surface area contributed by atoms with Crippen LogP contribution in [0.2, 0.25) is 0 Å². The first kappa shape index (κ1) is 12.8. The predicted octanol–water partition coefficient (Wildman–Crippen LogP) is 2.71. The smallest absolute Gasteiger partial charge is 0.293 e. The third kappa shape index (κ3) is 3.66. The molecule has 1 rings (SSSR count). The van der Waals surface area contributed by atoms with E-state index >= 15 is 0 Å². The fourth-order valence-corrected chi connectivity index (χ4v) is 1.34. The molecule has 0 aliphatic rings. The summed E-state index contributed by atoms with van der Waals surface area (Å²) in [6.07, 6.45) is 1.66. The molecule has 3 heteroatoms. The number of nitriles is 1. The SMILES string of the molecule is CC#Cc1ccccc1C(=NC(C)C)OC#N. The lowest BCUT2D eigenvalue weighted by atomic mass is 10.1. The maximum absolute atomic E-state index is 8.64. The lowest BCUT2D eigenvalue weighted by molar-refractivity contribution is 0.493. The van der Waals surface area contributed by atoms with Crippen LogP contribution in [0.5, 0.6) is 0 Å². The lowest BCUT2D eigenvalue weighted by Crippen LogP contribution is -2.09. The monoisotopic (exact) mass is 226 g/mol. The summed E-state index contributed by atoms with van der Waals surface area (Å²) in [5.41, 5.74) is 1.56. The van der Waals surface area contributed by atoms with Crippen LogP contribution in [0.1, 0.15) is 31.9 Å². The Balaban J connectivity index is 3.27. The number of ether oxygens (including phenoxy) is 1. The molecular weight excluding hydrogens is 212 g/mol. The van der Waals surface area contributed by atoms with Gasteiger partial charge in [-0.25, -0.2) is 4.99 Å². The van der Waals surface area contributed by atoms with Crippen molar-refractivity contribution in [2.24, 2.45) is 4.99 Å². The molecule has 0 radical (unpaired) electrons. The minimum absolute atomic E-state index is 0.0565. The molecule has 0 atom stereocenters. The van der Waals surface area contributed by atoms with Crippen molar-refractivity contribution in [2.45, 2.75) is 26.8 Å². The second-order valence-electron chi connectivity index (χ2n) is 3.64. The molecule has 0 aliphatic heterocycles. The van der Waals surface area contributed by atoms with Crippen LogP contribution in [-0.2, 0) is 4.74 Å². The normalized spacial score (nSPS) is 10.4. The van der Waals surface area contributed by atoms with E-state index in [2.05, 4.69) is 16.8 Å². The minimum atomic E-state index is 0.0565. The third-order valence-corrected chi connectivity index (χ3v) is 1.93. The molecule has 0 fully saturated rings. The van der Waals surface area contributed by atoms with E-state index in [4.69, 9.17) is 10.00 Å². The third-order valence-electron chi connectivity index (χ3n) is 1.93. The van der Waals surface area contributed by atoms with Crippen molar-refractivity contribution in [2.75, 3.05) is 0 Å². The molecule has 0 saturated heterocycles. The van der Waals surface area contributed by atoms with E-state index in [-0.39, 0.29) is 6.04 Å². The summed E-state index contributed by atoms with van der Waals surface area (Å²) in [4.78, 5) is 4.28. The van der Waals surface area contributed by atoms with E-state index < -0.39 is 0 Å². The van der Waals surface area contributed by atoms with Crippen LogP contribution >= 0.6 is 0 Å². The zero-order valence-electron chi connectivity index (χ0n) is 10.2. The van der Waals surface area contributed by atoms with Gasteiger partial charge in [0.05, 0.1) is 5.56 Å². The zero-order chi connectivity index (χ0) is 12.7. The molecule has 0 amide bonds. The van der Waals surface area contributed by atoms with Crippen molar-refractivity contribution in [3.05, 3.63) is 35.4 Å². The number of rotatable bonds is 2. The summed E-state index contributed by atoms with van der Waals surface area (Å²) in [6.45, 7) is 5.62. The Morgan fingerprint density at radius 1 is 1.35 bits per heavy atom. The fraction of sp³-hybridized carbons (Fsp3) is 0.286. The highest BCUT2D eigenvalue weighted by Crippen LogP contribution is 2.11. The van der Waals surface area contributed by atoms with Crippen molar-refractivity contribution < 1.29 is 4.74 Å². The summed E-state index contributed by atoms with van der Waals surface area (Å²) in [6, 6.07) is 7.54. The molecule has 86 valence electrons. The van der Waals surface area contributed by atoms with Gasteiger partial charge in [-0.15, -0.1) is 11.2 Å². The summed E-state index contributed by atoms with van der Waals surface area (Å²) in [5.74, 6) is 6.12. The van der Waals surface area contributed by atoms with E-state index in [0.717, 1.165) is 11.1 Å². The first-order valence-corrected chi connectivity index (χ1v) is 5.35. The van der Waals surface area contributed by atoms with Gasteiger partial charge in [0.2, 0.25) is 5.90 Å². The van der Waals surface area contributed by atoms with Gasteiger partial charge >= 0.3 is 0 Å². The van der Waals surface area contributed by atoms with Crippen LogP contribution in [0.15, 0.2) is 29.3 Å².